The third-order valence-corrected chi connectivity index (χ3v) is 6.19. The maximum Gasteiger partial charge on any atom is 0.291 e. The molecular formula is C21H24Cl2N4O4S. The maximum atomic E-state index is 12.7. The summed E-state index contributed by atoms with van der Waals surface area (Å²) >= 11 is 0. The first-order chi connectivity index (χ1) is 14.2. The number of nitrogens with one attached hydrogen (secondary N) is 1. The number of amides is 1. The number of nitrogen functional groups attached to an aromatic ring is 1. The Kier molecular flexibility index (Phi) is 7.84. The average Bonchev–Trinajstić information content (AvgIpc) is 3.28. The number of furan rings is 1. The zero-order chi connectivity index (χ0) is 21.5. The van der Waals surface area contributed by atoms with E-state index in [4.69, 9.17) is 15.3 Å². The second kappa shape index (κ2) is 9.83. The number of rotatable bonds is 5. The van der Waals surface area contributed by atoms with Crippen molar-refractivity contribution in [3.63, 3.8) is 0 Å². The normalized spacial score (nSPS) is 14.8. The fourth-order valence-electron chi connectivity index (χ4n) is 3.73. The van der Waals surface area contributed by atoms with E-state index in [2.05, 4.69) is 17.1 Å². The highest BCUT2D eigenvalue weighted by atomic mass is 35.5. The van der Waals surface area contributed by atoms with Gasteiger partial charge in [0.25, 0.3) is 5.91 Å². The number of fused-ring (bicyclic) bond motifs is 1. The van der Waals surface area contributed by atoms with E-state index in [-0.39, 0.29) is 41.5 Å². The van der Waals surface area contributed by atoms with Crippen LogP contribution in [0, 0.1) is 0 Å². The number of primary sulfonamides is 1. The predicted molar refractivity (Wildman–Crippen MR) is 129 cm³/mol. The lowest BCUT2D eigenvalue weighted by Gasteiger charge is -2.24. The summed E-state index contributed by atoms with van der Waals surface area (Å²) < 4.78 is 28.2. The van der Waals surface area contributed by atoms with Gasteiger partial charge in [0, 0.05) is 40.8 Å². The Hall–Kier alpha value is -2.72. The smallest absolute Gasteiger partial charge is 0.291 e. The summed E-state index contributed by atoms with van der Waals surface area (Å²) in [6.45, 7) is 2.62. The van der Waals surface area contributed by atoms with Crippen molar-refractivity contribution in [2.45, 2.75) is 30.8 Å². The Bertz CT molecular complexity index is 1210. The van der Waals surface area contributed by atoms with Crippen LogP contribution in [-0.4, -0.2) is 20.4 Å². The summed E-state index contributed by atoms with van der Waals surface area (Å²) in [4.78, 5) is 14.9. The van der Waals surface area contributed by atoms with E-state index in [9.17, 15) is 13.2 Å². The van der Waals surface area contributed by atoms with Crippen molar-refractivity contribution in [3.05, 3.63) is 71.7 Å². The predicted octanol–water partition coefficient (Wildman–Crippen LogP) is 3.56. The summed E-state index contributed by atoms with van der Waals surface area (Å²) in [6.07, 6.45) is 2.33. The van der Waals surface area contributed by atoms with Crippen LogP contribution < -0.4 is 21.1 Å². The number of nitrogens with two attached hydrogens (primary N) is 2. The van der Waals surface area contributed by atoms with Crippen LogP contribution in [0.15, 0.2) is 64.1 Å². The summed E-state index contributed by atoms with van der Waals surface area (Å²) in [5.41, 5.74) is 10.3. The molecule has 1 atom stereocenters. The average molecular weight is 499 g/mol. The molecule has 1 amide bonds. The largest absolute Gasteiger partial charge is 0.459 e. The molecule has 32 heavy (non-hydrogen) atoms. The first-order valence-corrected chi connectivity index (χ1v) is 10.9. The molecule has 1 unspecified atom stereocenters. The van der Waals surface area contributed by atoms with Crippen LogP contribution in [0.2, 0.25) is 0 Å². The number of hydrogen-bond acceptors (Lipinski definition) is 6. The maximum absolute atomic E-state index is 12.7. The highest BCUT2D eigenvalue weighted by molar-refractivity contribution is 7.89. The van der Waals surface area contributed by atoms with Crippen molar-refractivity contribution in [2.75, 3.05) is 16.0 Å². The van der Waals surface area contributed by atoms with Gasteiger partial charge in [0.2, 0.25) is 10.0 Å². The van der Waals surface area contributed by atoms with Crippen molar-refractivity contribution < 1.29 is 17.6 Å². The molecule has 0 bridgehead atoms. The molecule has 1 aliphatic rings. The molecule has 8 nitrogen and oxygen atoms in total. The fourth-order valence-corrected chi connectivity index (χ4v) is 4.24. The molecule has 0 spiro atoms. The molecule has 0 aliphatic carbocycles. The Morgan fingerprint density at radius 2 is 1.84 bits per heavy atom. The summed E-state index contributed by atoms with van der Waals surface area (Å²) in [6, 6.07) is 13.5. The van der Waals surface area contributed by atoms with Crippen molar-refractivity contribution in [3.8, 4) is 0 Å². The lowest BCUT2D eigenvalue weighted by atomic mass is 10.1. The van der Waals surface area contributed by atoms with Gasteiger partial charge in [0.05, 0.1) is 11.2 Å². The topological polar surface area (TPSA) is 132 Å². The minimum Gasteiger partial charge on any atom is -0.459 e. The molecule has 0 fully saturated rings. The molecule has 172 valence electrons. The molecule has 1 aromatic heterocycles. The summed E-state index contributed by atoms with van der Waals surface area (Å²) in [5.74, 6) is -0.215. The Balaban J connectivity index is 0.00000181. The molecule has 4 rings (SSSR count). The van der Waals surface area contributed by atoms with Gasteiger partial charge in [-0.3, -0.25) is 4.79 Å². The van der Waals surface area contributed by atoms with Gasteiger partial charge < -0.3 is 20.4 Å². The van der Waals surface area contributed by atoms with E-state index < -0.39 is 15.9 Å². The molecule has 0 saturated carbocycles. The van der Waals surface area contributed by atoms with Gasteiger partial charge >= 0.3 is 0 Å². The van der Waals surface area contributed by atoms with Crippen LogP contribution in [-0.2, 0) is 23.0 Å². The molecule has 11 heteroatoms. The van der Waals surface area contributed by atoms with E-state index in [0.717, 1.165) is 28.9 Å². The van der Waals surface area contributed by atoms with Crippen molar-refractivity contribution in [1.82, 2.24) is 0 Å². The van der Waals surface area contributed by atoms with Gasteiger partial charge in [-0.15, -0.1) is 24.8 Å². The standard InChI is InChI=1S/C21H22N4O4S.2ClH/c1-13-11-17-18(22)3-2-4-19(17)25(13)12-14-9-10-29-20(14)21(26)24-15-5-7-16(8-6-15)30(23,27)28;;/h2-10,13H,11-12,22H2,1H3,(H,24,26)(H2,23,27,28);2*1H. The van der Waals surface area contributed by atoms with Crippen molar-refractivity contribution in [1.29, 1.82) is 0 Å². The van der Waals surface area contributed by atoms with Crippen LogP contribution in [0.3, 0.4) is 0 Å². The highest BCUT2D eigenvalue weighted by Crippen LogP contribution is 2.37. The van der Waals surface area contributed by atoms with E-state index in [1.54, 1.807) is 6.07 Å². The van der Waals surface area contributed by atoms with E-state index >= 15 is 0 Å². The van der Waals surface area contributed by atoms with Gasteiger partial charge in [-0.05, 0) is 55.8 Å². The van der Waals surface area contributed by atoms with Crippen LogP contribution in [0.1, 0.15) is 28.6 Å². The van der Waals surface area contributed by atoms with Gasteiger partial charge in [-0.25, -0.2) is 13.6 Å². The minimum atomic E-state index is -3.79. The van der Waals surface area contributed by atoms with Gasteiger partial charge in [0.15, 0.2) is 5.76 Å². The first-order valence-electron chi connectivity index (χ1n) is 9.38. The highest BCUT2D eigenvalue weighted by Gasteiger charge is 2.29. The third kappa shape index (κ3) is 5.02. The third-order valence-electron chi connectivity index (χ3n) is 5.26. The van der Waals surface area contributed by atoms with Crippen LogP contribution in [0.4, 0.5) is 17.1 Å². The number of halogens is 2. The molecule has 1 aliphatic heterocycles. The Morgan fingerprint density at radius 3 is 2.50 bits per heavy atom. The lowest BCUT2D eigenvalue weighted by Crippen LogP contribution is -2.29. The zero-order valence-electron chi connectivity index (χ0n) is 17.1. The van der Waals surface area contributed by atoms with Crippen LogP contribution >= 0.6 is 24.8 Å². The minimum absolute atomic E-state index is 0. The number of nitrogens with zero attached hydrogens (tertiary/aromatic N) is 1. The molecule has 0 saturated heterocycles. The van der Waals surface area contributed by atoms with Crippen LogP contribution in [0.25, 0.3) is 0 Å². The first kappa shape index (κ1) is 25.5. The molecule has 2 heterocycles. The fraction of sp³-hybridized carbons (Fsp3) is 0.190. The number of anilines is 3. The number of sulfonamides is 1. The van der Waals surface area contributed by atoms with Gasteiger partial charge in [-0.1, -0.05) is 6.07 Å². The number of carbonyl (C=O) groups is 1. The lowest BCUT2D eigenvalue weighted by molar-refractivity contribution is 0.0995. The second-order valence-electron chi connectivity index (χ2n) is 7.32. The number of carbonyl (C=O) groups excluding carboxylic acids is 1. The monoisotopic (exact) mass is 498 g/mol. The quantitative estimate of drug-likeness (QED) is 0.460. The summed E-state index contributed by atoms with van der Waals surface area (Å²) in [5, 5.41) is 7.82. The Labute approximate surface area is 198 Å². The zero-order valence-corrected chi connectivity index (χ0v) is 19.6. The van der Waals surface area contributed by atoms with Crippen LogP contribution in [0.5, 0.6) is 0 Å². The van der Waals surface area contributed by atoms with E-state index in [1.807, 2.05) is 18.2 Å². The van der Waals surface area contributed by atoms with Gasteiger partial charge in [-0.2, -0.15) is 0 Å². The van der Waals surface area contributed by atoms with E-state index in [0.29, 0.717) is 12.2 Å². The number of hydrogen-bond donors (Lipinski definition) is 3. The SMILES string of the molecule is CC1Cc2c(N)cccc2N1Cc1ccoc1C(=O)Nc1ccc(S(N)(=O)=O)cc1.Cl.Cl. The number of benzene rings is 2. The molecule has 0 radical (unpaired) electrons. The van der Waals surface area contributed by atoms with Crippen molar-refractivity contribution in [2.24, 2.45) is 5.14 Å². The molecule has 3 aromatic rings. The van der Waals surface area contributed by atoms with Gasteiger partial charge in [0.1, 0.15) is 0 Å². The van der Waals surface area contributed by atoms with E-state index in [1.165, 1.54) is 30.5 Å². The second-order valence-corrected chi connectivity index (χ2v) is 8.89. The molecular weight excluding hydrogens is 475 g/mol. The summed E-state index contributed by atoms with van der Waals surface area (Å²) in [7, 11) is -3.79. The molecule has 5 N–H and O–H groups in total. The molecule has 2 aromatic carbocycles. The van der Waals surface area contributed by atoms with Crippen molar-refractivity contribution >= 4 is 57.8 Å². The Morgan fingerprint density at radius 1 is 1.16 bits per heavy atom.